The van der Waals surface area contributed by atoms with E-state index in [0.29, 0.717) is 6.54 Å². The molecule has 3 rings (SSSR count). The van der Waals surface area contributed by atoms with E-state index in [4.69, 9.17) is 0 Å². The van der Waals surface area contributed by atoms with E-state index in [1.54, 1.807) is 12.2 Å². The minimum Gasteiger partial charge on any atom is -0.211 e. The van der Waals surface area contributed by atoms with Crippen LogP contribution in [0.25, 0.3) is 0 Å². The Kier molecular flexibility index (Phi) is 3.38. The third-order valence-corrected chi connectivity index (χ3v) is 5.93. The fourth-order valence-corrected chi connectivity index (χ4v) is 5.45. The van der Waals surface area contributed by atoms with E-state index in [1.807, 2.05) is 0 Å². The van der Waals surface area contributed by atoms with Crippen molar-refractivity contribution in [3.8, 4) is 0 Å². The van der Waals surface area contributed by atoms with Crippen LogP contribution in [0.1, 0.15) is 44.9 Å². The Bertz CT molecular complexity index is 451. The van der Waals surface area contributed by atoms with E-state index in [-0.39, 0.29) is 11.5 Å². The van der Waals surface area contributed by atoms with Crippen molar-refractivity contribution in [3.63, 3.8) is 0 Å². The maximum atomic E-state index is 10.7. The van der Waals surface area contributed by atoms with Gasteiger partial charge in [0.1, 0.15) is 0 Å². The molecule has 0 N–H and O–H groups in total. The van der Waals surface area contributed by atoms with Gasteiger partial charge in [-0.2, -0.15) is 0 Å². The molecule has 3 saturated carbocycles. The number of rotatable bonds is 5. The molecule has 2 bridgehead atoms. The molecule has 0 saturated heterocycles. The first-order chi connectivity index (χ1) is 9.31. The number of fused-ring (bicyclic) bond motifs is 5. The Morgan fingerprint density at radius 3 is 2.89 bits per heavy atom. The van der Waals surface area contributed by atoms with Crippen LogP contribution >= 0.6 is 0 Å². The summed E-state index contributed by atoms with van der Waals surface area (Å²) in [5, 5.41) is 0. The van der Waals surface area contributed by atoms with Crippen molar-refractivity contribution in [2.75, 3.05) is 6.54 Å². The summed E-state index contributed by atoms with van der Waals surface area (Å²) in [6, 6.07) is 0.176. The zero-order valence-electron chi connectivity index (χ0n) is 11.2. The third-order valence-electron chi connectivity index (χ3n) is 5.93. The van der Waals surface area contributed by atoms with Gasteiger partial charge in [-0.15, -0.1) is 0 Å². The normalized spacial score (nSPS) is 42.5. The highest BCUT2D eigenvalue weighted by atomic mass is 16.1. The van der Waals surface area contributed by atoms with Gasteiger partial charge >= 0.3 is 0 Å². The Morgan fingerprint density at radius 2 is 2.11 bits per heavy atom. The van der Waals surface area contributed by atoms with Gasteiger partial charge in [0, 0.05) is 0 Å². The second-order valence-electron chi connectivity index (χ2n) is 6.45. The first-order valence-corrected chi connectivity index (χ1v) is 7.42. The average Bonchev–Trinajstić information content (AvgIpc) is 3.06. The topological polar surface area (TPSA) is 58.9 Å². The first-order valence-electron chi connectivity index (χ1n) is 7.42. The molecule has 0 aromatic carbocycles. The highest BCUT2D eigenvalue weighted by Crippen LogP contribution is 2.68. The van der Waals surface area contributed by atoms with E-state index >= 15 is 0 Å². The van der Waals surface area contributed by atoms with Crippen LogP contribution in [-0.2, 0) is 9.59 Å². The monoisotopic (exact) mass is 260 g/mol. The van der Waals surface area contributed by atoms with Crippen molar-refractivity contribution in [1.82, 2.24) is 0 Å². The summed E-state index contributed by atoms with van der Waals surface area (Å²) < 4.78 is 0. The Balaban J connectivity index is 1.79. The predicted molar refractivity (Wildman–Crippen MR) is 70.1 cm³/mol. The number of hydrogen-bond donors (Lipinski definition) is 0. The lowest BCUT2D eigenvalue weighted by molar-refractivity contribution is 0.113. The number of isocyanates is 2. The summed E-state index contributed by atoms with van der Waals surface area (Å²) in [7, 11) is 0. The van der Waals surface area contributed by atoms with Crippen molar-refractivity contribution < 1.29 is 9.59 Å². The molecule has 0 spiro atoms. The van der Waals surface area contributed by atoms with Gasteiger partial charge in [0.2, 0.25) is 12.2 Å². The second-order valence-corrected chi connectivity index (χ2v) is 6.45. The average molecular weight is 260 g/mol. The summed E-state index contributed by atoms with van der Waals surface area (Å²) >= 11 is 0. The molecule has 0 aromatic heterocycles. The van der Waals surface area contributed by atoms with Crippen LogP contribution in [0, 0.1) is 23.2 Å². The number of hydrogen-bond acceptors (Lipinski definition) is 4. The number of aliphatic imine (C=N–C) groups is 2. The van der Waals surface area contributed by atoms with Crippen LogP contribution in [-0.4, -0.2) is 24.7 Å². The fraction of sp³-hybridized carbons (Fsp3) is 0.867. The zero-order valence-corrected chi connectivity index (χ0v) is 11.2. The molecule has 0 amide bonds. The summed E-state index contributed by atoms with van der Waals surface area (Å²) in [5.41, 5.74) is 0.210. The zero-order chi connectivity index (χ0) is 13.3. The quantitative estimate of drug-likeness (QED) is 0.433. The van der Waals surface area contributed by atoms with Gasteiger partial charge in [-0.1, -0.05) is 6.42 Å². The molecule has 19 heavy (non-hydrogen) atoms. The standard InChI is InChI=1S/C15H20N2O2/c18-9-16-6-2-5-15-8-11(7-14(15)17-10-19)12-3-1-4-13(12)15/h11-14H,1-8H2. The lowest BCUT2D eigenvalue weighted by Crippen LogP contribution is -2.38. The predicted octanol–water partition coefficient (Wildman–Crippen LogP) is 2.63. The number of nitrogens with zero attached hydrogens (tertiary/aromatic N) is 2. The van der Waals surface area contributed by atoms with Crippen molar-refractivity contribution in [2.24, 2.45) is 33.2 Å². The maximum Gasteiger partial charge on any atom is 0.235 e. The van der Waals surface area contributed by atoms with Gasteiger partial charge in [-0.25, -0.2) is 19.6 Å². The van der Waals surface area contributed by atoms with Crippen LogP contribution in [0.2, 0.25) is 0 Å². The molecule has 3 aliphatic rings. The van der Waals surface area contributed by atoms with Gasteiger partial charge < -0.3 is 0 Å². The molecule has 0 aliphatic heterocycles. The van der Waals surface area contributed by atoms with Crippen LogP contribution in [0.15, 0.2) is 9.98 Å². The minimum absolute atomic E-state index is 0.176. The molecule has 5 unspecified atom stereocenters. The molecule has 3 fully saturated rings. The largest absolute Gasteiger partial charge is 0.235 e. The lowest BCUT2D eigenvalue weighted by atomic mass is 9.66. The highest BCUT2D eigenvalue weighted by molar-refractivity contribution is 5.35. The molecule has 5 atom stereocenters. The van der Waals surface area contributed by atoms with Crippen molar-refractivity contribution in [1.29, 1.82) is 0 Å². The number of carbonyl (C=O) groups excluding carboxylic acids is 2. The fourth-order valence-electron chi connectivity index (χ4n) is 5.45. The van der Waals surface area contributed by atoms with E-state index in [1.165, 1.54) is 25.7 Å². The highest BCUT2D eigenvalue weighted by Gasteiger charge is 2.62. The van der Waals surface area contributed by atoms with Gasteiger partial charge in [0.25, 0.3) is 0 Å². The van der Waals surface area contributed by atoms with Crippen molar-refractivity contribution in [3.05, 3.63) is 0 Å². The summed E-state index contributed by atoms with van der Waals surface area (Å²) in [6.45, 7) is 0.560. The molecule has 0 aromatic rings. The molecule has 102 valence electrons. The molecular weight excluding hydrogens is 240 g/mol. The van der Waals surface area contributed by atoms with E-state index in [0.717, 1.165) is 37.0 Å². The van der Waals surface area contributed by atoms with Crippen LogP contribution in [0.4, 0.5) is 0 Å². The SMILES string of the molecule is O=C=NCCCC12CC(CC1N=C=O)C1CCCC12. The van der Waals surface area contributed by atoms with E-state index in [9.17, 15) is 9.59 Å². The van der Waals surface area contributed by atoms with E-state index < -0.39 is 0 Å². The van der Waals surface area contributed by atoms with Gasteiger partial charge in [-0.05, 0) is 61.7 Å². The molecule has 4 nitrogen and oxygen atoms in total. The minimum atomic E-state index is 0.176. The van der Waals surface area contributed by atoms with Crippen LogP contribution < -0.4 is 0 Å². The second kappa shape index (κ2) is 5.03. The lowest BCUT2D eigenvalue weighted by Gasteiger charge is -2.40. The molecule has 0 radical (unpaired) electrons. The summed E-state index contributed by atoms with van der Waals surface area (Å²) in [5.74, 6) is 2.38. The van der Waals surface area contributed by atoms with Gasteiger partial charge in [0.05, 0.1) is 12.6 Å². The van der Waals surface area contributed by atoms with Crippen LogP contribution in [0.3, 0.4) is 0 Å². The summed E-state index contributed by atoms with van der Waals surface area (Å²) in [4.78, 5) is 28.6. The Labute approximate surface area is 113 Å². The third kappa shape index (κ3) is 1.91. The molecular formula is C15H20N2O2. The van der Waals surface area contributed by atoms with Crippen LogP contribution in [0.5, 0.6) is 0 Å². The summed E-state index contributed by atoms with van der Waals surface area (Å²) in [6.07, 6.45) is 11.6. The smallest absolute Gasteiger partial charge is 0.211 e. The molecule has 3 aliphatic carbocycles. The molecule has 0 heterocycles. The molecule has 4 heteroatoms. The van der Waals surface area contributed by atoms with Gasteiger partial charge in [0.15, 0.2) is 0 Å². The Hall–Kier alpha value is -1.24. The van der Waals surface area contributed by atoms with Gasteiger partial charge in [-0.3, -0.25) is 0 Å². The first kappa shape index (κ1) is 12.8. The Morgan fingerprint density at radius 1 is 1.21 bits per heavy atom. The van der Waals surface area contributed by atoms with Crippen molar-refractivity contribution in [2.45, 2.75) is 51.0 Å². The van der Waals surface area contributed by atoms with E-state index in [2.05, 4.69) is 9.98 Å². The maximum absolute atomic E-state index is 10.7. The van der Waals surface area contributed by atoms with Crippen molar-refractivity contribution >= 4 is 12.2 Å².